The van der Waals surface area contributed by atoms with Gasteiger partial charge in [0.1, 0.15) is 0 Å². The third kappa shape index (κ3) is 5.40. The fourth-order valence-electron chi connectivity index (χ4n) is 6.77. The van der Waals surface area contributed by atoms with Gasteiger partial charge in [-0.15, -0.1) is 0 Å². The summed E-state index contributed by atoms with van der Waals surface area (Å²) in [7, 11) is -1.91. The second-order valence-corrected chi connectivity index (χ2v) is 14.9. The molecule has 2 N–H and O–H groups in total. The van der Waals surface area contributed by atoms with Crippen molar-refractivity contribution in [1.82, 2.24) is 9.62 Å². The largest absolute Gasteiger partial charge is 0.481 e. The van der Waals surface area contributed by atoms with E-state index in [1.165, 1.54) is 0 Å². The molecule has 2 saturated carbocycles. The van der Waals surface area contributed by atoms with Gasteiger partial charge in [-0.05, 0) is 86.3 Å². The number of rotatable bonds is 11. The van der Waals surface area contributed by atoms with Gasteiger partial charge in [0, 0.05) is 29.1 Å². The maximum atomic E-state index is 13.8. The Kier molecular flexibility index (Phi) is 8.03. The lowest BCUT2D eigenvalue weighted by molar-refractivity contribution is -0.149. The van der Waals surface area contributed by atoms with Crippen molar-refractivity contribution in [3.8, 4) is 0 Å². The van der Waals surface area contributed by atoms with E-state index in [2.05, 4.69) is 5.32 Å². The predicted molar refractivity (Wildman–Crippen MR) is 156 cm³/mol. The Morgan fingerprint density at radius 2 is 1.77 bits per heavy atom. The summed E-state index contributed by atoms with van der Waals surface area (Å²) in [5.41, 5.74) is -0.235. The molecule has 10 heteroatoms. The van der Waals surface area contributed by atoms with Crippen LogP contribution in [0.3, 0.4) is 0 Å². The van der Waals surface area contributed by atoms with Crippen molar-refractivity contribution in [1.29, 1.82) is 0 Å². The highest BCUT2D eigenvalue weighted by Crippen LogP contribution is 2.56. The van der Waals surface area contributed by atoms with E-state index in [0.717, 1.165) is 24.0 Å². The molecule has 1 saturated heterocycles. The van der Waals surface area contributed by atoms with E-state index in [0.29, 0.717) is 42.1 Å². The third-order valence-corrected chi connectivity index (χ3v) is 12.2. The molecular weight excluding hydrogens is 571 g/mol. The molecule has 0 spiro atoms. The van der Waals surface area contributed by atoms with Crippen LogP contribution in [0.4, 0.5) is 0 Å². The second-order valence-electron chi connectivity index (χ2n) is 11.8. The summed E-state index contributed by atoms with van der Waals surface area (Å²) in [5.74, 6) is -1.52. The van der Waals surface area contributed by atoms with Crippen LogP contribution < -0.4 is 5.32 Å². The maximum Gasteiger partial charge on any atom is 0.304 e. The zero-order valence-corrected chi connectivity index (χ0v) is 25.1. The average molecular weight is 608 g/mol. The number of piperidine rings is 1. The Balaban J connectivity index is 1.63. The molecular formula is C30H36Cl2N2O5S. The summed E-state index contributed by atoms with van der Waals surface area (Å²) >= 11 is 12.7. The number of carboxylic acid groups (broad SMARTS) is 1. The Morgan fingerprint density at radius 3 is 2.33 bits per heavy atom. The minimum atomic E-state index is -3.59. The number of hydrogen-bond acceptors (Lipinski definition) is 4. The van der Waals surface area contributed by atoms with Gasteiger partial charge in [-0.25, -0.2) is 8.42 Å². The number of aliphatic carboxylic acids is 1. The number of carboxylic acids is 1. The number of benzene rings is 2. The molecule has 3 fully saturated rings. The molecule has 3 aliphatic rings. The van der Waals surface area contributed by atoms with E-state index < -0.39 is 38.2 Å². The number of carbonyl (C=O) groups excluding carboxylic acids is 1. The Morgan fingerprint density at radius 1 is 1.10 bits per heavy atom. The van der Waals surface area contributed by atoms with E-state index in [9.17, 15) is 23.1 Å². The smallest absolute Gasteiger partial charge is 0.304 e. The first-order valence-electron chi connectivity index (χ1n) is 13.9. The molecule has 0 bridgehead atoms. The van der Waals surface area contributed by atoms with E-state index >= 15 is 0 Å². The third-order valence-electron chi connectivity index (χ3n) is 9.35. The van der Waals surface area contributed by atoms with Crippen LogP contribution in [0, 0.1) is 11.3 Å². The van der Waals surface area contributed by atoms with Crippen LogP contribution in [-0.4, -0.2) is 48.0 Å². The predicted octanol–water partition coefficient (Wildman–Crippen LogP) is 5.96. The number of amides is 1. The van der Waals surface area contributed by atoms with E-state index in [1.54, 1.807) is 29.6 Å². The van der Waals surface area contributed by atoms with Crippen LogP contribution in [0.1, 0.15) is 75.3 Å². The summed E-state index contributed by atoms with van der Waals surface area (Å²) in [6, 6.07) is 14.4. The van der Waals surface area contributed by atoms with Gasteiger partial charge in [0.05, 0.1) is 22.6 Å². The molecule has 4 atom stereocenters. The molecule has 0 radical (unpaired) electrons. The monoisotopic (exact) mass is 606 g/mol. The molecule has 1 aliphatic heterocycles. The molecule has 40 heavy (non-hydrogen) atoms. The minimum absolute atomic E-state index is 0.0704. The van der Waals surface area contributed by atoms with E-state index in [4.69, 9.17) is 23.2 Å². The van der Waals surface area contributed by atoms with Crippen molar-refractivity contribution in [2.24, 2.45) is 11.3 Å². The van der Waals surface area contributed by atoms with Gasteiger partial charge < -0.3 is 10.4 Å². The van der Waals surface area contributed by atoms with Gasteiger partial charge in [-0.2, -0.15) is 4.31 Å². The summed E-state index contributed by atoms with van der Waals surface area (Å²) < 4.78 is 29.2. The van der Waals surface area contributed by atoms with Crippen molar-refractivity contribution in [2.45, 2.75) is 81.0 Å². The van der Waals surface area contributed by atoms with Crippen molar-refractivity contribution < 1.29 is 23.1 Å². The lowest BCUT2D eigenvalue weighted by Crippen LogP contribution is -2.59. The Hall–Kier alpha value is -2.13. The topological polar surface area (TPSA) is 104 Å². The summed E-state index contributed by atoms with van der Waals surface area (Å²) in [6.45, 7) is 1.84. The van der Waals surface area contributed by atoms with Crippen molar-refractivity contribution >= 4 is 45.1 Å². The number of nitrogens with zero attached hydrogens (tertiary/aromatic N) is 1. The average Bonchev–Trinajstić information content (AvgIpc) is 3.81. The quantitative estimate of drug-likeness (QED) is 0.328. The van der Waals surface area contributed by atoms with Crippen LogP contribution in [0.5, 0.6) is 0 Å². The van der Waals surface area contributed by atoms with Gasteiger partial charge in [0.25, 0.3) is 0 Å². The van der Waals surface area contributed by atoms with E-state index in [-0.39, 0.29) is 24.2 Å². The number of hydrogen-bond donors (Lipinski definition) is 2. The highest BCUT2D eigenvalue weighted by atomic mass is 35.5. The van der Waals surface area contributed by atoms with Crippen molar-refractivity contribution in [3.05, 3.63) is 69.7 Å². The molecule has 0 aromatic heterocycles. The summed E-state index contributed by atoms with van der Waals surface area (Å²) in [6.07, 6.45) is 3.79. The zero-order chi connectivity index (χ0) is 28.9. The lowest BCUT2D eigenvalue weighted by Gasteiger charge is -2.49. The maximum absolute atomic E-state index is 13.8. The van der Waals surface area contributed by atoms with Gasteiger partial charge in [0.15, 0.2) is 0 Å². The first kappa shape index (κ1) is 29.4. The minimum Gasteiger partial charge on any atom is -0.481 e. The lowest BCUT2D eigenvalue weighted by atomic mass is 9.64. The number of sulfonamides is 1. The fourth-order valence-corrected chi connectivity index (χ4v) is 9.06. The van der Waals surface area contributed by atoms with Crippen LogP contribution in [0.25, 0.3) is 0 Å². The molecule has 1 amide bonds. The van der Waals surface area contributed by atoms with Gasteiger partial charge in [-0.1, -0.05) is 54.4 Å². The van der Waals surface area contributed by atoms with Gasteiger partial charge in [-0.3, -0.25) is 9.59 Å². The summed E-state index contributed by atoms with van der Waals surface area (Å²) in [5, 5.41) is 13.6. The second kappa shape index (κ2) is 10.9. The molecule has 2 aliphatic carbocycles. The first-order valence-corrected chi connectivity index (χ1v) is 16.2. The van der Waals surface area contributed by atoms with Gasteiger partial charge >= 0.3 is 5.97 Å². The highest BCUT2D eigenvalue weighted by Gasteiger charge is 2.58. The zero-order valence-electron chi connectivity index (χ0n) is 22.8. The fraction of sp³-hybridized carbons (Fsp3) is 0.533. The number of carbonyl (C=O) groups is 2. The molecule has 7 nitrogen and oxygen atoms in total. The van der Waals surface area contributed by atoms with Crippen LogP contribution >= 0.6 is 23.2 Å². The van der Waals surface area contributed by atoms with Crippen molar-refractivity contribution in [2.75, 3.05) is 7.05 Å². The Labute approximate surface area is 246 Å². The van der Waals surface area contributed by atoms with Crippen LogP contribution in [0.15, 0.2) is 48.5 Å². The Bertz CT molecular complexity index is 1390. The van der Waals surface area contributed by atoms with Gasteiger partial charge in [0.2, 0.25) is 15.9 Å². The SMILES string of the molecule is CC[C@@]1(CC(=O)O)C[C@H](c2cccc(Cl)c2)[C@H](C[C@@](c2ccc(Cl)cc2)(C2CC2)N(C)S(=O)(=O)C2CC2)NC1=O. The van der Waals surface area contributed by atoms with Crippen LogP contribution in [-0.2, 0) is 25.2 Å². The molecule has 2 aromatic carbocycles. The van der Waals surface area contributed by atoms with E-state index in [1.807, 2.05) is 37.3 Å². The normalized spacial score (nSPS) is 26.8. The molecule has 0 unspecified atom stereocenters. The van der Waals surface area contributed by atoms with Crippen LogP contribution in [0.2, 0.25) is 10.0 Å². The van der Waals surface area contributed by atoms with Crippen molar-refractivity contribution in [3.63, 3.8) is 0 Å². The highest BCUT2D eigenvalue weighted by molar-refractivity contribution is 7.90. The molecule has 1 heterocycles. The number of nitrogens with one attached hydrogen (secondary N) is 1. The first-order chi connectivity index (χ1) is 18.9. The number of halogens is 2. The molecule has 5 rings (SSSR count). The molecule has 216 valence electrons. The summed E-state index contributed by atoms with van der Waals surface area (Å²) in [4.78, 5) is 25.6. The molecule has 2 aromatic rings. The standard InChI is InChI=1S/C30H36Cl2N2O5S/c1-3-29(18-27(35)36)16-25(19-5-4-6-23(32)15-19)26(33-28(29)37)17-30(20-7-8-20,21-9-11-22(31)12-10-21)34(2)40(38,39)24-13-14-24/h4-6,9-12,15,20,24-26H,3,7-8,13-14,16-18H2,1-2H3,(H,33,37)(H,35,36)/t25-,26+,29+,30+/m1/s1.